The molecule has 2 fully saturated rings. The topological polar surface area (TPSA) is 138 Å². The maximum atomic E-state index is 14.3. The monoisotopic (exact) mass is 524 g/mol. The van der Waals surface area contributed by atoms with Crippen LogP contribution in [0.25, 0.3) is 11.2 Å². The van der Waals surface area contributed by atoms with Gasteiger partial charge in [-0.15, -0.1) is 5.10 Å². The number of anilines is 1. The Morgan fingerprint density at radius 3 is 2.92 bits per heavy atom. The lowest BCUT2D eigenvalue weighted by Crippen LogP contribution is -2.33. The highest BCUT2D eigenvalue weighted by Gasteiger charge is 2.45. The van der Waals surface area contributed by atoms with Gasteiger partial charge in [0.25, 0.3) is 0 Å². The molecule has 2 aromatic heterocycles. The van der Waals surface area contributed by atoms with Crippen molar-refractivity contribution in [3.63, 3.8) is 0 Å². The summed E-state index contributed by atoms with van der Waals surface area (Å²) >= 11 is 0.743. The predicted octanol–water partition coefficient (Wildman–Crippen LogP) is 2.18. The van der Waals surface area contributed by atoms with E-state index in [0.29, 0.717) is 11.1 Å². The summed E-state index contributed by atoms with van der Waals surface area (Å²) in [5, 5.41) is 42.0. The Morgan fingerprint density at radius 1 is 1.33 bits per heavy atom. The Labute approximate surface area is 220 Å². The van der Waals surface area contributed by atoms with Crippen LogP contribution >= 0.6 is 11.8 Å². The molecule has 0 radical (unpaired) electrons. The smallest absolute Gasteiger partial charge is 0.191 e. The van der Waals surface area contributed by atoms with Gasteiger partial charge < -0.3 is 25.4 Å². The van der Waals surface area contributed by atoms with Crippen molar-refractivity contribution in [1.29, 1.82) is 0 Å². The summed E-state index contributed by atoms with van der Waals surface area (Å²) in [4.78, 5) is 8.86. The molecule has 2 aliphatic rings. The van der Waals surface area contributed by atoms with Crippen molar-refractivity contribution in [1.82, 2.24) is 25.0 Å². The summed E-state index contributed by atoms with van der Waals surface area (Å²) < 4.78 is 68.8. The van der Waals surface area contributed by atoms with Gasteiger partial charge in [0.05, 0.1) is 28.1 Å². The highest BCUT2D eigenvalue weighted by atomic mass is 32.2. The molecule has 10 nitrogen and oxygen atoms in total. The highest BCUT2D eigenvalue weighted by Crippen LogP contribution is 2.44. The van der Waals surface area contributed by atoms with E-state index in [-0.39, 0.29) is 35.0 Å². The molecule has 4 N–H and O–H groups in total. The van der Waals surface area contributed by atoms with E-state index in [9.17, 15) is 19.7 Å². The maximum absolute atomic E-state index is 14.3. The number of nitrogens with zero attached hydrogens (tertiary/aromatic N) is 5. The molecular weight excluding hydrogens is 487 g/mol. The largest absolute Gasteiger partial charge is 0.394 e. The summed E-state index contributed by atoms with van der Waals surface area (Å²) in [6.45, 7) is -0.0990. The van der Waals surface area contributed by atoms with Crippen molar-refractivity contribution in [2.24, 2.45) is 0 Å². The lowest BCUT2D eigenvalue weighted by atomic mass is 10.1. The van der Waals surface area contributed by atoms with Crippen LogP contribution in [0.2, 0.25) is 0 Å². The molecule has 6 atom stereocenters. The number of nitrogens with one attached hydrogen (secondary N) is 1. The van der Waals surface area contributed by atoms with Gasteiger partial charge in [-0.2, -0.15) is 0 Å². The van der Waals surface area contributed by atoms with Crippen LogP contribution < -0.4 is 5.32 Å². The molecule has 2 aliphatic carbocycles. The van der Waals surface area contributed by atoms with E-state index in [1.54, 1.807) is 26.0 Å². The number of rotatable bonds is 10. The van der Waals surface area contributed by atoms with Gasteiger partial charge in [-0.1, -0.05) is 36.0 Å². The number of aliphatic hydroxyl groups excluding tert-OH is 2. The number of halogens is 1. The molecule has 3 aromatic rings. The number of aryl methyl sites for hydroxylation is 1. The minimum atomic E-state index is -2.64. The number of hydrogen-bond acceptors (Lipinski definition) is 10. The van der Waals surface area contributed by atoms with Crippen LogP contribution in [0.3, 0.4) is 0 Å². The molecule has 36 heavy (non-hydrogen) atoms. The predicted molar refractivity (Wildman–Crippen MR) is 133 cm³/mol. The third kappa shape index (κ3) is 4.92. The number of ether oxygens (including phenoxy) is 1. The number of fused-ring (bicyclic) bond motifs is 1. The maximum Gasteiger partial charge on any atom is 0.191 e. The van der Waals surface area contributed by atoms with Crippen molar-refractivity contribution >= 4 is 28.7 Å². The molecule has 12 heteroatoms. The number of hydrogen-bond donors (Lipinski definition) is 4. The molecular formula is C24H31FN6O4S. The first-order valence-electron chi connectivity index (χ1n) is 14.6. The quantitative estimate of drug-likeness (QED) is 0.231. The molecule has 0 saturated heterocycles. The normalized spacial score (nSPS) is 32.3. The van der Waals surface area contributed by atoms with Crippen molar-refractivity contribution in [3.05, 3.63) is 35.1 Å². The van der Waals surface area contributed by atoms with Crippen molar-refractivity contribution in [2.45, 2.75) is 74.5 Å². The number of aliphatic hydroxyl groups is 3. The van der Waals surface area contributed by atoms with Gasteiger partial charge in [0.2, 0.25) is 0 Å². The highest BCUT2D eigenvalue weighted by molar-refractivity contribution is 7.99. The lowest BCUT2D eigenvalue weighted by Gasteiger charge is -2.17. The molecule has 0 bridgehead atoms. The number of benzene rings is 1. The Morgan fingerprint density at radius 2 is 2.17 bits per heavy atom. The first-order chi connectivity index (χ1) is 19.5. The zero-order valence-corrected chi connectivity index (χ0v) is 20.4. The van der Waals surface area contributed by atoms with Crippen LogP contribution in [0.5, 0.6) is 0 Å². The van der Waals surface area contributed by atoms with E-state index in [1.165, 1.54) is 10.7 Å². The number of aromatic nitrogens is 5. The Bertz CT molecular complexity index is 1480. The molecule has 194 valence electrons. The molecule has 5 rings (SSSR count). The summed E-state index contributed by atoms with van der Waals surface area (Å²) in [6, 6.07) is 2.79. The van der Waals surface area contributed by atoms with E-state index in [2.05, 4.69) is 25.6 Å². The van der Waals surface area contributed by atoms with E-state index in [4.69, 9.17) is 13.0 Å². The first kappa shape index (κ1) is 18.8. The average Bonchev–Trinajstić information content (AvgIpc) is 3.15. The van der Waals surface area contributed by atoms with Crippen molar-refractivity contribution in [2.75, 3.05) is 24.2 Å². The molecule has 0 aliphatic heterocycles. The molecule has 0 unspecified atom stereocenters. The number of thioether (sulfide) groups is 1. The second kappa shape index (κ2) is 10.5. The second-order valence-corrected chi connectivity index (χ2v) is 9.59. The summed E-state index contributed by atoms with van der Waals surface area (Å²) in [6.07, 6.45) is -5.57. The fourth-order valence-electron chi connectivity index (χ4n) is 4.34. The minimum absolute atomic E-state index is 0.00569. The van der Waals surface area contributed by atoms with Gasteiger partial charge in [-0.25, -0.2) is 19.0 Å². The minimum Gasteiger partial charge on any atom is -0.394 e. The first-order valence-corrected chi connectivity index (χ1v) is 12.4. The van der Waals surface area contributed by atoms with E-state index >= 15 is 0 Å². The summed E-state index contributed by atoms with van der Waals surface area (Å²) in [5.74, 6) is -1.08. The van der Waals surface area contributed by atoms with Crippen LogP contribution in [0, 0.1) is 12.7 Å². The van der Waals surface area contributed by atoms with Gasteiger partial charge in [0.15, 0.2) is 22.1 Å². The van der Waals surface area contributed by atoms with Crippen molar-refractivity contribution in [3.8, 4) is 0 Å². The van der Waals surface area contributed by atoms with Crippen LogP contribution in [0.1, 0.15) is 57.4 Å². The van der Waals surface area contributed by atoms with Gasteiger partial charge in [-0.05, 0) is 36.9 Å². The Hall–Kier alpha value is -2.38. The molecule has 2 saturated carbocycles. The fourth-order valence-corrected chi connectivity index (χ4v) is 4.88. The SMILES string of the molecule is [2H]C([2H])(O)CO[C@H]1C[C@@H](n2nnc3c(N[C@H]4[C@H](c5ccc(C)c(F)c5)C4([2H])[2H])nc(SC([2H])([2H])CC)nc32)[C@H](O)[C@@H]1O. The van der Waals surface area contributed by atoms with Gasteiger partial charge >= 0.3 is 0 Å². The van der Waals surface area contributed by atoms with Crippen LogP contribution in [-0.4, -0.2) is 83.5 Å². The molecule has 2 heterocycles. The van der Waals surface area contributed by atoms with E-state index in [1.807, 2.05) is 0 Å². The van der Waals surface area contributed by atoms with E-state index in [0.717, 1.165) is 11.8 Å². The second-order valence-electron chi connectivity index (χ2n) is 8.73. The summed E-state index contributed by atoms with van der Waals surface area (Å²) in [5.41, 5.74) is -0.661. The van der Waals surface area contributed by atoms with Crippen molar-refractivity contribution < 1.29 is 32.7 Å². The molecule has 0 spiro atoms. The third-order valence-electron chi connectivity index (χ3n) is 6.32. The van der Waals surface area contributed by atoms with Gasteiger partial charge in [-0.3, -0.25) is 0 Å². The van der Waals surface area contributed by atoms with E-state index < -0.39 is 67.4 Å². The molecule has 0 amide bonds. The van der Waals surface area contributed by atoms with Crippen LogP contribution in [0.4, 0.5) is 10.2 Å². The fraction of sp³-hybridized carbons (Fsp3) is 0.583. The zero-order valence-electron chi connectivity index (χ0n) is 25.6. The lowest BCUT2D eigenvalue weighted by molar-refractivity contribution is -0.0629. The average molecular weight is 525 g/mol. The Balaban J connectivity index is 1.50. The van der Waals surface area contributed by atoms with Crippen LogP contribution in [-0.2, 0) is 4.74 Å². The van der Waals surface area contributed by atoms with Gasteiger partial charge in [0, 0.05) is 29.6 Å². The van der Waals surface area contributed by atoms with Crippen LogP contribution in [0.15, 0.2) is 23.4 Å². The summed E-state index contributed by atoms with van der Waals surface area (Å²) in [7, 11) is 0. The zero-order chi connectivity index (χ0) is 30.8. The third-order valence-corrected chi connectivity index (χ3v) is 7.11. The standard InChI is InChI=1S/C24H31FN6O4S/c1-3-8-36-24-27-22(26-16-10-14(16)13-5-4-12(2)15(25)9-13)19-23(28-24)31(30-29-19)17-11-18(35-7-6-32)21(34)20(17)33/h4-5,9,14,16-18,20-21,32-34H,3,6-8,10-11H2,1-2H3,(H,26,27,28)/t14-,16+,17+,18-,20-,21+/m0/s1/i6D2,8D2,10D2. The Kier molecular flexibility index (Phi) is 5.51. The molecule has 1 aromatic carbocycles. The van der Waals surface area contributed by atoms with Gasteiger partial charge in [0.1, 0.15) is 18.0 Å².